The lowest BCUT2D eigenvalue weighted by Gasteiger charge is -2.27. The number of hydrogen-bond acceptors (Lipinski definition) is 4. The molecule has 0 saturated heterocycles. The van der Waals surface area contributed by atoms with Crippen molar-refractivity contribution in [2.24, 2.45) is 9.98 Å². The Morgan fingerprint density at radius 1 is 0.449 bits per heavy atom. The molecule has 1 atom stereocenters. The predicted molar refractivity (Wildman–Crippen MR) is 285 cm³/mol. The maximum Gasteiger partial charge on any atom is 0.159 e. The van der Waals surface area contributed by atoms with Gasteiger partial charge in [-0.25, -0.2) is 9.98 Å². The fourth-order valence-corrected chi connectivity index (χ4v) is 10.9. The SMILES string of the molecule is C1=C(C2N=C(c3ccccc3)N=C(c3ccccc3)N2)c2c(oc3c(-c4ccc5c(c4)c4ccccc4n5-c4ccccc4)cc(-c4ccc5c(c4)c4ccccc4n5-c4ccccc4)cc23)CC1. The van der Waals surface area contributed by atoms with Crippen molar-refractivity contribution in [1.82, 2.24) is 14.5 Å². The molecule has 1 unspecified atom stereocenters. The van der Waals surface area contributed by atoms with Crippen LogP contribution in [0, 0.1) is 0 Å². The molecule has 6 heteroatoms. The summed E-state index contributed by atoms with van der Waals surface area (Å²) in [7, 11) is 0. The second kappa shape index (κ2) is 15.8. The first-order valence-electron chi connectivity index (χ1n) is 23.7. The first-order chi connectivity index (χ1) is 34.2. The van der Waals surface area contributed by atoms with E-state index in [4.69, 9.17) is 14.4 Å². The molecule has 0 fully saturated rings. The summed E-state index contributed by atoms with van der Waals surface area (Å²) in [6.07, 6.45) is 3.58. The van der Waals surface area contributed by atoms with Crippen LogP contribution in [-0.2, 0) is 6.42 Å². The number of nitrogens with zero attached hydrogens (tertiary/aromatic N) is 4. The minimum absolute atomic E-state index is 0.402. The lowest BCUT2D eigenvalue weighted by atomic mass is 9.89. The van der Waals surface area contributed by atoms with Crippen molar-refractivity contribution >= 4 is 71.8 Å². The molecule has 14 rings (SSSR count). The van der Waals surface area contributed by atoms with Crippen LogP contribution < -0.4 is 5.32 Å². The second-order valence-corrected chi connectivity index (χ2v) is 18.0. The molecule has 1 aliphatic heterocycles. The zero-order chi connectivity index (χ0) is 45.4. The van der Waals surface area contributed by atoms with Gasteiger partial charge in [0.15, 0.2) is 5.84 Å². The first-order valence-corrected chi connectivity index (χ1v) is 23.7. The van der Waals surface area contributed by atoms with E-state index >= 15 is 0 Å². The van der Waals surface area contributed by atoms with Crippen molar-refractivity contribution < 1.29 is 4.42 Å². The van der Waals surface area contributed by atoms with Gasteiger partial charge in [0.2, 0.25) is 0 Å². The Morgan fingerprint density at radius 3 is 1.61 bits per heavy atom. The summed E-state index contributed by atoms with van der Waals surface area (Å²) in [5, 5.41) is 9.69. The first kappa shape index (κ1) is 39.2. The molecule has 1 N–H and O–H groups in total. The smallest absolute Gasteiger partial charge is 0.159 e. The standard InChI is InChI=1S/C63H43N5O/c1-5-18-40(19-6-1)61-64-62(41-20-7-2-8-21-41)66-63(65-61)49-28-17-31-58-59(49)53-39-44(42-32-34-56-51(36-42)47-26-13-15-29-54(47)67(56)45-22-9-3-10-23-45)38-50(60(53)69-58)43-33-35-57-52(37-43)48-27-14-16-30-55(48)68(57)46-24-11-4-12-25-46/h1-16,18-30,32-39,63H,17,31H2,(H,64,65,66). The van der Waals surface area contributed by atoms with E-state index in [1.807, 2.05) is 24.3 Å². The molecular weight excluding hydrogens is 843 g/mol. The van der Waals surface area contributed by atoms with Crippen molar-refractivity contribution in [2.45, 2.75) is 19.0 Å². The van der Waals surface area contributed by atoms with E-state index in [2.05, 4.69) is 215 Å². The number of aromatic nitrogens is 2. The van der Waals surface area contributed by atoms with Crippen LogP contribution in [0.1, 0.15) is 28.9 Å². The number of furan rings is 1. The third-order valence-corrected chi connectivity index (χ3v) is 14.0. The summed E-state index contributed by atoms with van der Waals surface area (Å²) in [5.41, 5.74) is 16.4. The number of aryl methyl sites for hydroxylation is 1. The second-order valence-electron chi connectivity index (χ2n) is 18.0. The number of allylic oxidation sites excluding steroid dienone is 1. The molecular formula is C63H43N5O. The lowest BCUT2D eigenvalue weighted by molar-refractivity contribution is 0.544. The summed E-state index contributed by atoms with van der Waals surface area (Å²) in [4.78, 5) is 10.5. The number of aliphatic imine (C=N–C) groups is 2. The highest BCUT2D eigenvalue weighted by molar-refractivity contribution is 6.16. The van der Waals surface area contributed by atoms with Crippen molar-refractivity contribution in [3.05, 3.63) is 247 Å². The number of benzene rings is 9. The van der Waals surface area contributed by atoms with E-state index in [-0.39, 0.29) is 0 Å². The monoisotopic (exact) mass is 885 g/mol. The van der Waals surface area contributed by atoms with Gasteiger partial charge in [-0.15, -0.1) is 0 Å². The minimum atomic E-state index is -0.402. The Bertz CT molecular complexity index is 4080. The normalized spacial score (nSPS) is 14.8. The number of fused-ring (bicyclic) bond motifs is 9. The van der Waals surface area contributed by atoms with Crippen LogP contribution in [0.25, 0.3) is 93.8 Å². The molecule has 1 aliphatic carbocycles. The van der Waals surface area contributed by atoms with E-state index < -0.39 is 6.17 Å². The topological polar surface area (TPSA) is 59.8 Å². The average Bonchev–Trinajstić information content (AvgIpc) is 4.09. The summed E-state index contributed by atoms with van der Waals surface area (Å²) in [6, 6.07) is 78.0. The summed E-state index contributed by atoms with van der Waals surface area (Å²) >= 11 is 0. The van der Waals surface area contributed by atoms with E-state index in [1.165, 1.54) is 38.1 Å². The van der Waals surface area contributed by atoms with E-state index in [1.54, 1.807) is 0 Å². The number of amidine groups is 2. The van der Waals surface area contributed by atoms with Crippen molar-refractivity contribution in [1.29, 1.82) is 0 Å². The average molecular weight is 886 g/mol. The maximum absolute atomic E-state index is 7.21. The summed E-state index contributed by atoms with van der Waals surface area (Å²) < 4.78 is 12.0. The van der Waals surface area contributed by atoms with Crippen LogP contribution in [0.5, 0.6) is 0 Å². The zero-order valence-corrected chi connectivity index (χ0v) is 37.6. The van der Waals surface area contributed by atoms with Crippen molar-refractivity contribution in [3.63, 3.8) is 0 Å². The van der Waals surface area contributed by atoms with Gasteiger partial charge in [-0.3, -0.25) is 0 Å². The predicted octanol–water partition coefficient (Wildman–Crippen LogP) is 15.1. The Morgan fingerprint density at radius 2 is 0.971 bits per heavy atom. The van der Waals surface area contributed by atoms with Crippen LogP contribution in [0.2, 0.25) is 0 Å². The van der Waals surface area contributed by atoms with Gasteiger partial charge in [0.25, 0.3) is 0 Å². The van der Waals surface area contributed by atoms with Gasteiger partial charge in [-0.2, -0.15) is 0 Å². The number of nitrogens with one attached hydrogen (secondary N) is 1. The Kier molecular flexibility index (Phi) is 8.99. The van der Waals surface area contributed by atoms with Crippen LogP contribution in [0.3, 0.4) is 0 Å². The highest BCUT2D eigenvalue weighted by Gasteiger charge is 2.31. The molecule has 4 heterocycles. The van der Waals surface area contributed by atoms with Crippen LogP contribution in [0.15, 0.2) is 239 Å². The van der Waals surface area contributed by atoms with Gasteiger partial charge in [0, 0.05) is 72.6 Å². The maximum atomic E-state index is 7.21. The van der Waals surface area contributed by atoms with Gasteiger partial charge in [-0.05, 0) is 95.9 Å². The Hall–Kier alpha value is -9.00. The molecule has 9 aromatic carbocycles. The molecule has 0 amide bonds. The highest BCUT2D eigenvalue weighted by atomic mass is 16.3. The van der Waals surface area contributed by atoms with E-state index in [0.29, 0.717) is 5.84 Å². The van der Waals surface area contributed by atoms with Crippen molar-refractivity contribution in [2.75, 3.05) is 0 Å². The van der Waals surface area contributed by atoms with Gasteiger partial charge in [0.1, 0.15) is 23.3 Å². The zero-order valence-electron chi connectivity index (χ0n) is 37.6. The van der Waals surface area contributed by atoms with Gasteiger partial charge in [0.05, 0.1) is 22.1 Å². The van der Waals surface area contributed by atoms with E-state index in [0.717, 1.165) is 96.8 Å². The molecule has 6 nitrogen and oxygen atoms in total. The largest absolute Gasteiger partial charge is 0.460 e. The highest BCUT2D eigenvalue weighted by Crippen LogP contribution is 2.46. The van der Waals surface area contributed by atoms with Crippen molar-refractivity contribution in [3.8, 4) is 33.6 Å². The summed E-state index contributed by atoms with van der Waals surface area (Å²) in [6.45, 7) is 0. The van der Waals surface area contributed by atoms with Crippen LogP contribution >= 0.6 is 0 Å². The molecule has 0 bridgehead atoms. The number of rotatable bonds is 7. The Labute approximate surface area is 398 Å². The number of hydrogen-bond donors (Lipinski definition) is 1. The van der Waals surface area contributed by atoms with Gasteiger partial charge < -0.3 is 18.9 Å². The third kappa shape index (κ3) is 6.40. The molecule has 0 radical (unpaired) electrons. The number of para-hydroxylation sites is 4. The third-order valence-electron chi connectivity index (χ3n) is 14.0. The van der Waals surface area contributed by atoms with Gasteiger partial charge >= 0.3 is 0 Å². The molecule has 12 aromatic rings. The van der Waals surface area contributed by atoms with Gasteiger partial charge in [-0.1, -0.05) is 152 Å². The Balaban J connectivity index is 0.997. The van der Waals surface area contributed by atoms with Crippen LogP contribution in [0.4, 0.5) is 0 Å². The fraction of sp³-hybridized carbons (Fsp3) is 0.0476. The molecule has 69 heavy (non-hydrogen) atoms. The van der Waals surface area contributed by atoms with Crippen LogP contribution in [-0.4, -0.2) is 27.0 Å². The molecule has 3 aromatic heterocycles. The molecule has 2 aliphatic rings. The minimum Gasteiger partial charge on any atom is -0.460 e. The molecule has 0 spiro atoms. The van der Waals surface area contributed by atoms with E-state index in [9.17, 15) is 0 Å². The summed E-state index contributed by atoms with van der Waals surface area (Å²) in [5.74, 6) is 2.47. The molecule has 0 saturated carbocycles. The quantitative estimate of drug-likeness (QED) is 0.173. The molecule has 326 valence electrons. The lowest BCUT2D eigenvalue weighted by Crippen LogP contribution is -2.40. The fourth-order valence-electron chi connectivity index (χ4n) is 10.9.